The second-order valence-electron chi connectivity index (χ2n) is 5.85. The number of hydrogen-bond donors (Lipinski definition) is 0. The fraction of sp³-hybridized carbons (Fsp3) is 0.375. The Morgan fingerprint density at radius 3 is 2.15 bits per heavy atom. The van der Waals surface area contributed by atoms with Gasteiger partial charge in [-0.1, -0.05) is 61.2 Å². The highest BCUT2D eigenvalue weighted by Crippen LogP contribution is 2.05. The molecule has 1 rings (SSSR count). The molecule has 0 aliphatic carbocycles. The highest BCUT2D eigenvalue weighted by atomic mass is 28.3. The summed E-state index contributed by atoms with van der Waals surface area (Å²) in [6.45, 7) is 11.3. The van der Waals surface area contributed by atoms with Gasteiger partial charge in [0.05, 0.1) is 6.61 Å². The van der Waals surface area contributed by atoms with Gasteiger partial charge in [0.2, 0.25) is 0 Å². The van der Waals surface area contributed by atoms with Crippen molar-refractivity contribution in [1.82, 2.24) is 0 Å². The summed E-state index contributed by atoms with van der Waals surface area (Å²) in [5.41, 5.74) is 4.96. The van der Waals surface area contributed by atoms with Gasteiger partial charge in [0.25, 0.3) is 0 Å². The minimum absolute atomic E-state index is 0.619. The summed E-state index contributed by atoms with van der Waals surface area (Å²) >= 11 is 0. The lowest BCUT2D eigenvalue weighted by atomic mass is 10.4. The maximum Gasteiger partial charge on any atom is 0.167 e. The molecule has 0 fully saturated rings. The van der Waals surface area contributed by atoms with Gasteiger partial charge in [-0.25, -0.2) is 4.79 Å². The zero-order chi connectivity index (χ0) is 15.2. The fourth-order valence-corrected chi connectivity index (χ4v) is 4.81. The standard InChI is InChI=1S/C16H22O2Si2/c1-6-18-12-14-20(4,5)16-9-7-15(8-10-16)19(2,3)13-11-17/h7-10,13H,6H2,1-5H3. The van der Waals surface area contributed by atoms with Crippen LogP contribution in [0.3, 0.4) is 0 Å². The Kier molecular flexibility index (Phi) is 5.58. The van der Waals surface area contributed by atoms with Gasteiger partial charge in [0.1, 0.15) is 20.1 Å². The van der Waals surface area contributed by atoms with E-state index in [0.717, 1.165) is 0 Å². The van der Waals surface area contributed by atoms with Crippen molar-refractivity contribution in [3.63, 3.8) is 0 Å². The Balaban J connectivity index is 3.03. The molecule has 0 heterocycles. The first-order valence-corrected chi connectivity index (χ1v) is 12.9. The van der Waals surface area contributed by atoms with Crippen LogP contribution in [0.25, 0.3) is 0 Å². The van der Waals surface area contributed by atoms with E-state index >= 15 is 0 Å². The van der Waals surface area contributed by atoms with E-state index in [2.05, 4.69) is 62.1 Å². The molecule has 0 aliphatic heterocycles. The third kappa shape index (κ3) is 4.24. The molecular weight excluding hydrogens is 280 g/mol. The summed E-state index contributed by atoms with van der Waals surface area (Å²) < 4.78 is 5.13. The lowest BCUT2D eigenvalue weighted by molar-refractivity contribution is 0.299. The molecule has 4 heteroatoms. The average Bonchev–Trinajstić information content (AvgIpc) is 2.39. The third-order valence-corrected chi connectivity index (χ3v) is 8.52. The molecule has 0 radical (unpaired) electrons. The van der Waals surface area contributed by atoms with E-state index in [9.17, 15) is 4.79 Å². The SMILES string of the molecule is CCOC#C[Si](C)(C)c1ccc([Si](C)(C)C=C=O)cc1. The zero-order valence-corrected chi connectivity index (χ0v) is 14.9. The first-order valence-electron chi connectivity index (χ1n) is 6.80. The van der Waals surface area contributed by atoms with Gasteiger partial charge in [-0.3, -0.25) is 0 Å². The normalized spacial score (nSPS) is 11.1. The van der Waals surface area contributed by atoms with Crippen molar-refractivity contribution in [3.05, 3.63) is 30.0 Å². The predicted molar refractivity (Wildman–Crippen MR) is 90.3 cm³/mol. The second kappa shape index (κ2) is 6.76. The van der Waals surface area contributed by atoms with Crippen molar-refractivity contribution in [3.8, 4) is 11.7 Å². The summed E-state index contributed by atoms with van der Waals surface area (Å²) in [5, 5.41) is 2.53. The van der Waals surface area contributed by atoms with Gasteiger partial charge < -0.3 is 4.74 Å². The Morgan fingerprint density at radius 2 is 1.65 bits per heavy atom. The first-order chi connectivity index (χ1) is 9.33. The van der Waals surface area contributed by atoms with Gasteiger partial charge in [0.15, 0.2) is 8.07 Å². The van der Waals surface area contributed by atoms with E-state index in [1.165, 1.54) is 10.4 Å². The minimum Gasteiger partial charge on any atom is -0.447 e. The van der Waals surface area contributed by atoms with Crippen LogP contribution in [-0.2, 0) is 9.53 Å². The van der Waals surface area contributed by atoms with E-state index < -0.39 is 16.1 Å². The second-order valence-corrected chi connectivity index (χ2v) is 14.2. The summed E-state index contributed by atoms with van der Waals surface area (Å²) in [6, 6.07) is 8.56. The van der Waals surface area contributed by atoms with Crippen LogP contribution in [0.15, 0.2) is 30.0 Å². The number of hydrogen-bond acceptors (Lipinski definition) is 2. The Labute approximate surface area is 123 Å². The molecule has 1 aromatic carbocycles. The number of rotatable bonds is 4. The molecule has 0 saturated carbocycles. The van der Waals surface area contributed by atoms with Crippen molar-refractivity contribution in [2.75, 3.05) is 6.61 Å². The molecular formula is C16H22O2Si2. The lowest BCUT2D eigenvalue weighted by Gasteiger charge is -2.20. The van der Waals surface area contributed by atoms with Crippen LogP contribution in [0.1, 0.15) is 6.92 Å². The fourth-order valence-electron chi connectivity index (χ4n) is 1.86. The molecule has 0 aromatic heterocycles. The maximum atomic E-state index is 10.6. The van der Waals surface area contributed by atoms with Gasteiger partial charge >= 0.3 is 0 Å². The van der Waals surface area contributed by atoms with Crippen LogP contribution in [0.2, 0.25) is 26.2 Å². The van der Waals surface area contributed by atoms with Gasteiger partial charge in [-0.05, 0) is 17.8 Å². The number of ether oxygens (including phenoxy) is 1. The van der Waals surface area contributed by atoms with Gasteiger partial charge in [-0.15, -0.1) is 0 Å². The molecule has 0 bridgehead atoms. The largest absolute Gasteiger partial charge is 0.447 e. The van der Waals surface area contributed by atoms with Crippen LogP contribution >= 0.6 is 0 Å². The van der Waals surface area contributed by atoms with Crippen LogP contribution < -0.4 is 10.4 Å². The minimum atomic E-state index is -1.79. The highest BCUT2D eigenvalue weighted by molar-refractivity contribution is 6.97. The molecule has 1 aromatic rings. The van der Waals surface area contributed by atoms with Crippen molar-refractivity contribution < 1.29 is 9.53 Å². The lowest BCUT2D eigenvalue weighted by Crippen LogP contribution is -2.44. The van der Waals surface area contributed by atoms with Gasteiger partial charge in [0, 0.05) is 0 Å². The predicted octanol–water partition coefficient (Wildman–Crippen LogP) is 1.98. The molecule has 0 aliphatic rings. The first kappa shape index (κ1) is 16.5. The monoisotopic (exact) mass is 302 g/mol. The van der Waals surface area contributed by atoms with E-state index in [1.807, 2.05) is 12.9 Å². The van der Waals surface area contributed by atoms with E-state index in [1.54, 1.807) is 5.70 Å². The maximum absolute atomic E-state index is 10.6. The molecule has 0 unspecified atom stereocenters. The smallest absolute Gasteiger partial charge is 0.167 e. The summed E-state index contributed by atoms with van der Waals surface area (Å²) in [6.07, 6.45) is 2.80. The molecule has 0 atom stereocenters. The van der Waals surface area contributed by atoms with Crippen LogP contribution in [-0.4, -0.2) is 28.7 Å². The summed E-state index contributed by atoms with van der Waals surface area (Å²) in [4.78, 5) is 10.6. The molecule has 106 valence electrons. The Morgan fingerprint density at radius 1 is 1.10 bits per heavy atom. The van der Waals surface area contributed by atoms with Gasteiger partial charge in [-0.2, -0.15) is 0 Å². The average molecular weight is 303 g/mol. The van der Waals surface area contributed by atoms with Crippen molar-refractivity contribution >= 4 is 32.5 Å². The third-order valence-electron chi connectivity index (χ3n) is 3.35. The summed E-state index contributed by atoms with van der Waals surface area (Å²) in [7, 11) is -3.56. The molecule has 2 nitrogen and oxygen atoms in total. The Bertz CT molecular complexity index is 556. The molecule has 0 spiro atoms. The molecule has 0 amide bonds. The van der Waals surface area contributed by atoms with E-state index in [4.69, 9.17) is 4.74 Å². The van der Waals surface area contributed by atoms with Crippen LogP contribution in [0.4, 0.5) is 0 Å². The number of carbonyl (C=O) groups excluding carboxylic acids is 1. The van der Waals surface area contributed by atoms with Crippen molar-refractivity contribution in [2.45, 2.75) is 33.1 Å². The van der Waals surface area contributed by atoms with Crippen LogP contribution in [0.5, 0.6) is 0 Å². The molecule has 20 heavy (non-hydrogen) atoms. The van der Waals surface area contributed by atoms with E-state index in [-0.39, 0.29) is 0 Å². The topological polar surface area (TPSA) is 26.3 Å². The number of benzene rings is 1. The Hall–Kier alpha value is -1.54. The van der Waals surface area contributed by atoms with E-state index in [0.29, 0.717) is 6.61 Å². The highest BCUT2D eigenvalue weighted by Gasteiger charge is 2.24. The van der Waals surface area contributed by atoms with Crippen molar-refractivity contribution in [1.29, 1.82) is 0 Å². The molecule has 0 N–H and O–H groups in total. The summed E-state index contributed by atoms with van der Waals surface area (Å²) in [5.74, 6) is 1.94. The van der Waals surface area contributed by atoms with Crippen LogP contribution in [0, 0.1) is 11.7 Å². The zero-order valence-electron chi connectivity index (χ0n) is 12.9. The van der Waals surface area contributed by atoms with Crippen molar-refractivity contribution in [2.24, 2.45) is 0 Å². The quantitative estimate of drug-likeness (QED) is 0.483. The molecule has 0 saturated heterocycles.